The van der Waals surface area contributed by atoms with Gasteiger partial charge < -0.3 is 9.47 Å². The minimum Gasteiger partial charge on any atom is -0.307 e. The molecule has 9 aromatic carbocycles. The summed E-state index contributed by atoms with van der Waals surface area (Å²) in [6, 6.07) is 75.2. The number of fused-ring (bicyclic) bond motifs is 5. The van der Waals surface area contributed by atoms with Crippen molar-refractivity contribution in [3.05, 3.63) is 212 Å². The molecule has 0 saturated carbocycles. The molecule has 0 saturated heterocycles. The number of para-hydroxylation sites is 3. The molecule has 60 heavy (non-hydrogen) atoms. The Morgan fingerprint density at radius 3 is 1.60 bits per heavy atom. The van der Waals surface area contributed by atoms with Crippen LogP contribution in [0, 0.1) is 0 Å². The van der Waals surface area contributed by atoms with E-state index in [0.717, 1.165) is 66.8 Å². The summed E-state index contributed by atoms with van der Waals surface area (Å²) in [5.41, 5.74) is 14.3. The second kappa shape index (κ2) is 13.8. The molecule has 5 heteroatoms. The zero-order valence-electron chi connectivity index (χ0n) is 32.4. The highest BCUT2D eigenvalue weighted by atomic mass is 15.2. The third kappa shape index (κ3) is 5.37. The van der Waals surface area contributed by atoms with E-state index in [4.69, 9.17) is 15.0 Å². The summed E-state index contributed by atoms with van der Waals surface area (Å²) >= 11 is 0. The maximum Gasteiger partial charge on any atom is 0.164 e. The molecule has 11 aromatic rings. The van der Waals surface area contributed by atoms with Crippen LogP contribution >= 0.6 is 0 Å². The van der Waals surface area contributed by atoms with Crippen molar-refractivity contribution < 1.29 is 0 Å². The van der Waals surface area contributed by atoms with E-state index in [2.05, 4.69) is 185 Å². The minimum atomic E-state index is 0.636. The van der Waals surface area contributed by atoms with Crippen molar-refractivity contribution in [3.8, 4) is 62.1 Å². The standard InChI is InChI=1S/C55H35N5/c1-5-17-36(18-6-1)39-31-33-48-46(35-39)41-25-13-14-29-47(41)60(48)50-30-16-28-44-42-26-15-27-43-45(32-34-49(51(42)43)59(52(44)50)40-23-11-4-12-24-40)55-57-53(37-19-7-2-8-20-37)56-54(58-55)38-21-9-3-10-22-38/h1-35H. The van der Waals surface area contributed by atoms with E-state index in [9.17, 15) is 0 Å². The molecule has 0 amide bonds. The summed E-state index contributed by atoms with van der Waals surface area (Å²) in [4.78, 5) is 17.8. The number of nitrogens with zero attached hydrogens (tertiary/aromatic N) is 5. The van der Waals surface area contributed by atoms with Crippen LogP contribution in [0.15, 0.2) is 212 Å². The van der Waals surface area contributed by atoms with Gasteiger partial charge in [-0.2, -0.15) is 0 Å². The van der Waals surface area contributed by atoms with Crippen molar-refractivity contribution in [1.82, 2.24) is 19.5 Å². The predicted molar refractivity (Wildman–Crippen MR) is 247 cm³/mol. The number of anilines is 3. The molecule has 12 rings (SSSR count). The van der Waals surface area contributed by atoms with Gasteiger partial charge in [-0.3, -0.25) is 0 Å². The molecule has 280 valence electrons. The summed E-state index contributed by atoms with van der Waals surface area (Å²) in [6.45, 7) is 0. The van der Waals surface area contributed by atoms with Crippen molar-refractivity contribution in [2.45, 2.75) is 0 Å². The first-order valence-corrected chi connectivity index (χ1v) is 20.3. The number of benzene rings is 9. The summed E-state index contributed by atoms with van der Waals surface area (Å²) in [7, 11) is 0. The molecule has 0 N–H and O–H groups in total. The van der Waals surface area contributed by atoms with Crippen LogP contribution in [0.2, 0.25) is 0 Å². The molecule has 0 radical (unpaired) electrons. The summed E-state index contributed by atoms with van der Waals surface area (Å²) < 4.78 is 2.45. The molecule has 0 fully saturated rings. The largest absolute Gasteiger partial charge is 0.307 e. The van der Waals surface area contributed by atoms with Crippen LogP contribution < -0.4 is 4.90 Å². The van der Waals surface area contributed by atoms with E-state index in [-0.39, 0.29) is 0 Å². The molecule has 0 unspecified atom stereocenters. The van der Waals surface area contributed by atoms with Gasteiger partial charge in [0.15, 0.2) is 17.5 Å². The SMILES string of the molecule is c1ccc(-c2ccc3c(c2)c2ccccc2n3-c2cccc3c2N(c2ccccc2)c2ccc(-c4nc(-c5ccccc5)nc(-c5ccccc5)n4)c4cccc-3c24)cc1. The van der Waals surface area contributed by atoms with Gasteiger partial charge in [-0.05, 0) is 70.6 Å². The zero-order chi connectivity index (χ0) is 39.6. The Morgan fingerprint density at radius 2 is 0.883 bits per heavy atom. The Hall–Kier alpha value is -8.15. The maximum atomic E-state index is 5.17. The molecule has 0 aliphatic carbocycles. The van der Waals surface area contributed by atoms with E-state index in [1.165, 1.54) is 27.5 Å². The lowest BCUT2D eigenvalue weighted by Crippen LogP contribution is -2.18. The number of aromatic nitrogens is 4. The predicted octanol–water partition coefficient (Wildman–Crippen LogP) is 14.2. The molecule has 1 aliphatic rings. The monoisotopic (exact) mass is 765 g/mol. The first-order chi connectivity index (χ1) is 29.8. The molecular weight excluding hydrogens is 731 g/mol. The Labute approximate surface area is 347 Å². The third-order valence-electron chi connectivity index (χ3n) is 11.8. The Morgan fingerprint density at radius 1 is 0.317 bits per heavy atom. The first kappa shape index (κ1) is 33.9. The Kier molecular flexibility index (Phi) is 7.78. The summed E-state index contributed by atoms with van der Waals surface area (Å²) in [5, 5.41) is 4.68. The van der Waals surface area contributed by atoms with Crippen LogP contribution in [-0.4, -0.2) is 19.5 Å². The van der Waals surface area contributed by atoms with Gasteiger partial charge in [0.25, 0.3) is 0 Å². The van der Waals surface area contributed by atoms with Crippen LogP contribution in [0.5, 0.6) is 0 Å². The summed E-state index contributed by atoms with van der Waals surface area (Å²) in [5.74, 6) is 1.92. The molecule has 0 bridgehead atoms. The quantitative estimate of drug-likeness (QED) is 0.169. The lowest BCUT2D eigenvalue weighted by molar-refractivity contribution is 1.08. The van der Waals surface area contributed by atoms with Gasteiger partial charge in [-0.1, -0.05) is 164 Å². The second-order valence-electron chi connectivity index (χ2n) is 15.2. The Bertz CT molecular complexity index is 3360. The Balaban J connectivity index is 1.12. The van der Waals surface area contributed by atoms with Crippen molar-refractivity contribution in [3.63, 3.8) is 0 Å². The molecule has 0 atom stereocenters. The number of rotatable bonds is 6. The van der Waals surface area contributed by atoms with Crippen molar-refractivity contribution in [2.75, 3.05) is 4.90 Å². The minimum absolute atomic E-state index is 0.636. The van der Waals surface area contributed by atoms with Gasteiger partial charge in [0.05, 0.1) is 28.1 Å². The van der Waals surface area contributed by atoms with Gasteiger partial charge in [0.2, 0.25) is 0 Å². The highest BCUT2D eigenvalue weighted by molar-refractivity contribution is 6.19. The average molecular weight is 766 g/mol. The van der Waals surface area contributed by atoms with Crippen LogP contribution in [0.4, 0.5) is 17.1 Å². The normalized spacial score (nSPS) is 12.0. The lowest BCUT2D eigenvalue weighted by atomic mass is 9.88. The van der Waals surface area contributed by atoms with E-state index in [1.807, 2.05) is 36.4 Å². The summed E-state index contributed by atoms with van der Waals surface area (Å²) in [6.07, 6.45) is 0. The molecule has 2 aromatic heterocycles. The second-order valence-corrected chi connectivity index (χ2v) is 15.2. The molecule has 1 aliphatic heterocycles. The highest BCUT2D eigenvalue weighted by Gasteiger charge is 2.31. The van der Waals surface area contributed by atoms with Crippen LogP contribution in [-0.2, 0) is 0 Å². The molecular formula is C55H35N5. The third-order valence-corrected chi connectivity index (χ3v) is 11.8. The topological polar surface area (TPSA) is 46.8 Å². The smallest absolute Gasteiger partial charge is 0.164 e. The van der Waals surface area contributed by atoms with Crippen LogP contribution in [0.1, 0.15) is 0 Å². The fourth-order valence-corrected chi connectivity index (χ4v) is 9.10. The first-order valence-electron chi connectivity index (χ1n) is 20.3. The zero-order valence-corrected chi connectivity index (χ0v) is 32.4. The number of hydrogen-bond donors (Lipinski definition) is 0. The van der Waals surface area contributed by atoms with E-state index in [0.29, 0.717) is 17.5 Å². The molecule has 3 heterocycles. The van der Waals surface area contributed by atoms with E-state index in [1.54, 1.807) is 0 Å². The van der Waals surface area contributed by atoms with Crippen LogP contribution in [0.25, 0.3) is 94.7 Å². The van der Waals surface area contributed by atoms with Crippen molar-refractivity contribution >= 4 is 49.6 Å². The van der Waals surface area contributed by atoms with E-state index >= 15 is 0 Å². The van der Waals surface area contributed by atoms with Crippen molar-refractivity contribution in [1.29, 1.82) is 0 Å². The highest BCUT2D eigenvalue weighted by Crippen LogP contribution is 2.55. The van der Waals surface area contributed by atoms with Gasteiger partial charge >= 0.3 is 0 Å². The van der Waals surface area contributed by atoms with Crippen molar-refractivity contribution in [2.24, 2.45) is 0 Å². The van der Waals surface area contributed by atoms with E-state index < -0.39 is 0 Å². The van der Waals surface area contributed by atoms with Gasteiger partial charge in [-0.15, -0.1) is 0 Å². The fraction of sp³-hybridized carbons (Fsp3) is 0. The molecule has 0 spiro atoms. The van der Waals surface area contributed by atoms with Crippen LogP contribution in [0.3, 0.4) is 0 Å². The maximum absolute atomic E-state index is 5.17. The lowest BCUT2D eigenvalue weighted by Gasteiger charge is -2.35. The fourth-order valence-electron chi connectivity index (χ4n) is 9.10. The molecule has 5 nitrogen and oxygen atoms in total. The number of hydrogen-bond acceptors (Lipinski definition) is 4. The average Bonchev–Trinajstić information content (AvgIpc) is 3.66. The van der Waals surface area contributed by atoms with Gasteiger partial charge in [0, 0.05) is 44.1 Å². The van der Waals surface area contributed by atoms with Gasteiger partial charge in [0.1, 0.15) is 0 Å². The van der Waals surface area contributed by atoms with Gasteiger partial charge in [-0.25, -0.2) is 15.0 Å².